The number of carbonyl (C=O) groups excluding carboxylic acids is 2. The van der Waals surface area contributed by atoms with Gasteiger partial charge >= 0.3 is 0 Å². The van der Waals surface area contributed by atoms with Crippen LogP contribution < -0.4 is 11.1 Å². The van der Waals surface area contributed by atoms with E-state index in [0.717, 1.165) is 32.1 Å². The molecule has 5 nitrogen and oxygen atoms in total. The Balaban J connectivity index is 2.19. The highest BCUT2D eigenvalue weighted by Gasteiger charge is 2.47. The lowest BCUT2D eigenvalue weighted by Gasteiger charge is -2.46. The standard InChI is InChI=1S/C13H23N3O2/c1-12(2)10(17)15-8-9-16(12)11(18)13(14)6-4-3-5-7-13/h3-9,14H2,1-2H3,(H,15,17). The van der Waals surface area contributed by atoms with Crippen molar-refractivity contribution in [3.63, 3.8) is 0 Å². The Morgan fingerprint density at radius 1 is 1.28 bits per heavy atom. The van der Waals surface area contributed by atoms with Crippen molar-refractivity contribution in [2.75, 3.05) is 13.1 Å². The van der Waals surface area contributed by atoms with Crippen LogP contribution >= 0.6 is 0 Å². The van der Waals surface area contributed by atoms with Gasteiger partial charge in [0.1, 0.15) is 5.54 Å². The van der Waals surface area contributed by atoms with Crippen molar-refractivity contribution in [2.24, 2.45) is 5.73 Å². The van der Waals surface area contributed by atoms with Crippen molar-refractivity contribution in [3.8, 4) is 0 Å². The van der Waals surface area contributed by atoms with Crippen LogP contribution in [0.25, 0.3) is 0 Å². The minimum atomic E-state index is -0.793. The molecule has 0 aromatic carbocycles. The van der Waals surface area contributed by atoms with Crippen LogP contribution in [0.4, 0.5) is 0 Å². The second kappa shape index (κ2) is 4.53. The van der Waals surface area contributed by atoms with Gasteiger partial charge in [-0.05, 0) is 26.7 Å². The Morgan fingerprint density at radius 3 is 2.50 bits per heavy atom. The molecule has 2 rings (SSSR count). The zero-order chi connectivity index (χ0) is 13.4. The Hall–Kier alpha value is -1.10. The molecule has 1 aliphatic carbocycles. The summed E-state index contributed by atoms with van der Waals surface area (Å²) in [6.45, 7) is 4.64. The molecule has 0 aromatic heterocycles. The fraction of sp³-hybridized carbons (Fsp3) is 0.846. The van der Waals surface area contributed by atoms with E-state index >= 15 is 0 Å². The van der Waals surface area contributed by atoms with Gasteiger partial charge in [-0.1, -0.05) is 19.3 Å². The number of nitrogens with two attached hydrogens (primary N) is 1. The predicted molar refractivity (Wildman–Crippen MR) is 68.8 cm³/mol. The summed E-state index contributed by atoms with van der Waals surface area (Å²) in [5.41, 5.74) is 4.73. The summed E-state index contributed by atoms with van der Waals surface area (Å²) in [5, 5.41) is 2.80. The summed E-state index contributed by atoms with van der Waals surface area (Å²) in [7, 11) is 0. The lowest BCUT2D eigenvalue weighted by Crippen LogP contribution is -2.68. The van der Waals surface area contributed by atoms with Crippen LogP contribution in [-0.4, -0.2) is 40.9 Å². The highest BCUT2D eigenvalue weighted by Crippen LogP contribution is 2.30. The second-order valence-corrected chi connectivity index (χ2v) is 5.99. The van der Waals surface area contributed by atoms with E-state index in [0.29, 0.717) is 13.1 Å². The Labute approximate surface area is 108 Å². The first-order valence-electron chi connectivity index (χ1n) is 6.77. The summed E-state index contributed by atoms with van der Waals surface area (Å²) in [4.78, 5) is 26.2. The maximum absolute atomic E-state index is 12.7. The molecule has 2 amide bonds. The van der Waals surface area contributed by atoms with Gasteiger partial charge < -0.3 is 16.0 Å². The van der Waals surface area contributed by atoms with E-state index in [1.807, 2.05) is 0 Å². The highest BCUT2D eigenvalue weighted by atomic mass is 16.2. The third-order valence-corrected chi connectivity index (χ3v) is 4.27. The maximum Gasteiger partial charge on any atom is 0.245 e. The summed E-state index contributed by atoms with van der Waals surface area (Å²) in [6, 6.07) is 0. The van der Waals surface area contributed by atoms with Crippen LogP contribution in [0.1, 0.15) is 46.0 Å². The van der Waals surface area contributed by atoms with Gasteiger partial charge in [0.05, 0.1) is 5.54 Å². The van der Waals surface area contributed by atoms with Gasteiger partial charge in [-0.3, -0.25) is 9.59 Å². The van der Waals surface area contributed by atoms with Crippen LogP contribution in [0.5, 0.6) is 0 Å². The minimum absolute atomic E-state index is 0.0537. The molecule has 0 bridgehead atoms. The molecular weight excluding hydrogens is 230 g/mol. The number of nitrogens with one attached hydrogen (secondary N) is 1. The Bertz CT molecular complexity index is 359. The number of carbonyl (C=O) groups is 2. The largest absolute Gasteiger partial charge is 0.352 e. The topological polar surface area (TPSA) is 75.4 Å². The first-order chi connectivity index (χ1) is 8.38. The second-order valence-electron chi connectivity index (χ2n) is 5.99. The maximum atomic E-state index is 12.7. The molecule has 18 heavy (non-hydrogen) atoms. The highest BCUT2D eigenvalue weighted by molar-refractivity contribution is 5.95. The van der Waals surface area contributed by atoms with Crippen LogP contribution in [0, 0.1) is 0 Å². The number of nitrogens with zero attached hydrogens (tertiary/aromatic N) is 1. The molecule has 0 spiro atoms. The zero-order valence-electron chi connectivity index (χ0n) is 11.3. The van der Waals surface area contributed by atoms with E-state index in [-0.39, 0.29) is 11.8 Å². The quantitative estimate of drug-likeness (QED) is 0.709. The van der Waals surface area contributed by atoms with E-state index in [1.165, 1.54) is 0 Å². The molecule has 0 aromatic rings. The predicted octanol–water partition coefficient (Wildman–Crippen LogP) is 0.385. The normalized spacial score (nSPS) is 26.6. The van der Waals surface area contributed by atoms with Crippen molar-refractivity contribution < 1.29 is 9.59 Å². The molecule has 2 fully saturated rings. The average molecular weight is 253 g/mol. The van der Waals surface area contributed by atoms with Crippen LogP contribution in [-0.2, 0) is 9.59 Å². The molecule has 0 unspecified atom stereocenters. The van der Waals surface area contributed by atoms with Crippen molar-refractivity contribution >= 4 is 11.8 Å². The number of amides is 2. The number of piperazine rings is 1. The van der Waals surface area contributed by atoms with Crippen molar-refractivity contribution in [2.45, 2.75) is 57.0 Å². The molecule has 1 saturated heterocycles. The Morgan fingerprint density at radius 2 is 1.89 bits per heavy atom. The molecular formula is C13H23N3O2. The smallest absolute Gasteiger partial charge is 0.245 e. The van der Waals surface area contributed by atoms with Crippen molar-refractivity contribution in [3.05, 3.63) is 0 Å². The van der Waals surface area contributed by atoms with Gasteiger partial charge in [0.25, 0.3) is 0 Å². The molecule has 2 aliphatic rings. The third kappa shape index (κ3) is 2.11. The number of hydrogen-bond acceptors (Lipinski definition) is 3. The van der Waals surface area contributed by atoms with Crippen molar-refractivity contribution in [1.82, 2.24) is 10.2 Å². The number of hydrogen-bond donors (Lipinski definition) is 2. The minimum Gasteiger partial charge on any atom is -0.352 e. The summed E-state index contributed by atoms with van der Waals surface area (Å²) < 4.78 is 0. The van der Waals surface area contributed by atoms with Crippen molar-refractivity contribution in [1.29, 1.82) is 0 Å². The SMILES string of the molecule is CC1(C)C(=O)NCCN1C(=O)C1(N)CCCCC1. The fourth-order valence-electron chi connectivity index (χ4n) is 2.92. The van der Waals surface area contributed by atoms with Gasteiger partial charge in [0, 0.05) is 13.1 Å². The monoisotopic (exact) mass is 253 g/mol. The molecule has 1 aliphatic heterocycles. The van der Waals surface area contributed by atoms with Gasteiger partial charge in [-0.2, -0.15) is 0 Å². The van der Waals surface area contributed by atoms with Crippen LogP contribution in [0.15, 0.2) is 0 Å². The molecule has 3 N–H and O–H groups in total. The number of rotatable bonds is 1. The van der Waals surface area contributed by atoms with Crippen LogP contribution in [0.2, 0.25) is 0 Å². The molecule has 1 heterocycles. The Kier molecular flexibility index (Phi) is 3.36. The molecule has 5 heteroatoms. The van der Waals surface area contributed by atoms with E-state index in [9.17, 15) is 9.59 Å². The molecule has 0 atom stereocenters. The lowest BCUT2D eigenvalue weighted by molar-refractivity contribution is -0.153. The summed E-state index contributed by atoms with van der Waals surface area (Å²) >= 11 is 0. The lowest BCUT2D eigenvalue weighted by atomic mass is 9.80. The third-order valence-electron chi connectivity index (χ3n) is 4.27. The van der Waals surface area contributed by atoms with Gasteiger partial charge in [0.2, 0.25) is 11.8 Å². The van der Waals surface area contributed by atoms with Gasteiger partial charge in [0.15, 0.2) is 0 Å². The first-order valence-corrected chi connectivity index (χ1v) is 6.77. The summed E-state index contributed by atoms with van der Waals surface area (Å²) in [5.74, 6) is -0.149. The van der Waals surface area contributed by atoms with E-state index in [1.54, 1.807) is 18.7 Å². The first kappa shape index (κ1) is 13.3. The summed E-state index contributed by atoms with van der Waals surface area (Å²) in [6.07, 6.45) is 4.63. The molecule has 102 valence electrons. The van der Waals surface area contributed by atoms with E-state index < -0.39 is 11.1 Å². The fourth-order valence-corrected chi connectivity index (χ4v) is 2.92. The van der Waals surface area contributed by atoms with E-state index in [4.69, 9.17) is 5.73 Å². The average Bonchev–Trinajstić information content (AvgIpc) is 2.33. The van der Waals surface area contributed by atoms with E-state index in [2.05, 4.69) is 5.32 Å². The zero-order valence-corrected chi connectivity index (χ0v) is 11.3. The molecule has 0 radical (unpaired) electrons. The van der Waals surface area contributed by atoms with Crippen LogP contribution in [0.3, 0.4) is 0 Å². The van der Waals surface area contributed by atoms with Gasteiger partial charge in [-0.15, -0.1) is 0 Å². The van der Waals surface area contributed by atoms with Gasteiger partial charge in [-0.25, -0.2) is 0 Å². The molecule has 1 saturated carbocycles.